The standard InChI is InChI=1S/C7H15NO2S/c1-2-11-5-3-4-6(8)7(9)10/h6H,2-5,8H2,1H3,(H,9,10)/t6-/m1/s1. The van der Waals surface area contributed by atoms with Crippen LogP contribution in [0.5, 0.6) is 0 Å². The minimum absolute atomic E-state index is 0.586. The summed E-state index contributed by atoms with van der Waals surface area (Å²) >= 11 is 1.81. The summed E-state index contributed by atoms with van der Waals surface area (Å²) in [4.78, 5) is 10.2. The van der Waals surface area contributed by atoms with Crippen LogP contribution in [0.15, 0.2) is 0 Å². The van der Waals surface area contributed by atoms with E-state index in [2.05, 4.69) is 6.92 Å². The average Bonchev–Trinajstić information content (AvgIpc) is 1.97. The van der Waals surface area contributed by atoms with Crippen LogP contribution in [0.25, 0.3) is 0 Å². The SMILES string of the molecule is CCSCCC[C@@H](N)C(=O)O. The number of hydrogen-bond acceptors (Lipinski definition) is 3. The van der Waals surface area contributed by atoms with Gasteiger partial charge in [0.2, 0.25) is 0 Å². The van der Waals surface area contributed by atoms with E-state index >= 15 is 0 Å². The van der Waals surface area contributed by atoms with Gasteiger partial charge in [-0.2, -0.15) is 11.8 Å². The quantitative estimate of drug-likeness (QED) is 0.592. The van der Waals surface area contributed by atoms with Gasteiger partial charge in [0, 0.05) is 0 Å². The molecule has 0 spiro atoms. The number of thioether (sulfide) groups is 1. The Morgan fingerprint density at radius 1 is 1.73 bits per heavy atom. The summed E-state index contributed by atoms with van der Waals surface area (Å²) in [5.41, 5.74) is 5.29. The van der Waals surface area contributed by atoms with Crippen LogP contribution in [0, 0.1) is 0 Å². The number of hydrogen-bond donors (Lipinski definition) is 2. The molecule has 0 aliphatic heterocycles. The highest BCUT2D eigenvalue weighted by Gasteiger charge is 2.09. The normalized spacial score (nSPS) is 12.9. The molecule has 0 aliphatic carbocycles. The lowest BCUT2D eigenvalue weighted by molar-refractivity contribution is -0.138. The van der Waals surface area contributed by atoms with Gasteiger partial charge in [-0.15, -0.1) is 0 Å². The Kier molecular flexibility index (Phi) is 6.36. The van der Waals surface area contributed by atoms with Crippen molar-refractivity contribution in [1.82, 2.24) is 0 Å². The van der Waals surface area contributed by atoms with Gasteiger partial charge in [-0.1, -0.05) is 6.92 Å². The van der Waals surface area contributed by atoms with Gasteiger partial charge in [-0.25, -0.2) is 0 Å². The molecule has 0 fully saturated rings. The molecule has 0 radical (unpaired) electrons. The zero-order valence-corrected chi connectivity index (χ0v) is 7.56. The Labute approximate surface area is 71.3 Å². The van der Waals surface area contributed by atoms with E-state index in [0.29, 0.717) is 6.42 Å². The fourth-order valence-corrected chi connectivity index (χ4v) is 1.33. The molecule has 0 unspecified atom stereocenters. The molecule has 1 atom stereocenters. The molecule has 0 aliphatic rings. The fraction of sp³-hybridized carbons (Fsp3) is 0.857. The summed E-state index contributed by atoms with van der Waals surface area (Å²) in [6, 6.07) is -0.674. The van der Waals surface area contributed by atoms with Gasteiger partial charge in [0.25, 0.3) is 0 Å². The molecule has 3 nitrogen and oxygen atoms in total. The zero-order chi connectivity index (χ0) is 8.69. The third-order valence-electron chi connectivity index (χ3n) is 1.33. The Bertz CT molecular complexity index is 119. The first-order valence-electron chi connectivity index (χ1n) is 3.74. The molecule has 0 amide bonds. The largest absolute Gasteiger partial charge is 0.480 e. The van der Waals surface area contributed by atoms with Gasteiger partial charge in [-0.05, 0) is 24.3 Å². The molecule has 0 heterocycles. The van der Waals surface area contributed by atoms with E-state index in [1.165, 1.54) is 0 Å². The van der Waals surface area contributed by atoms with E-state index in [-0.39, 0.29) is 0 Å². The minimum atomic E-state index is -0.897. The van der Waals surface area contributed by atoms with Crippen molar-refractivity contribution in [3.05, 3.63) is 0 Å². The van der Waals surface area contributed by atoms with Gasteiger partial charge in [0.1, 0.15) is 6.04 Å². The summed E-state index contributed by atoms with van der Waals surface area (Å²) in [7, 11) is 0. The molecule has 0 aromatic heterocycles. The van der Waals surface area contributed by atoms with Crippen LogP contribution < -0.4 is 5.73 Å². The van der Waals surface area contributed by atoms with Crippen LogP contribution in [0.1, 0.15) is 19.8 Å². The van der Waals surface area contributed by atoms with Gasteiger partial charge in [0.05, 0.1) is 0 Å². The van der Waals surface area contributed by atoms with Crippen molar-refractivity contribution in [1.29, 1.82) is 0 Å². The van der Waals surface area contributed by atoms with Crippen molar-refractivity contribution in [2.75, 3.05) is 11.5 Å². The van der Waals surface area contributed by atoms with Crippen LogP contribution in [0.4, 0.5) is 0 Å². The second kappa shape index (κ2) is 6.49. The Morgan fingerprint density at radius 2 is 2.36 bits per heavy atom. The highest BCUT2D eigenvalue weighted by molar-refractivity contribution is 7.99. The van der Waals surface area contributed by atoms with Gasteiger partial charge in [0.15, 0.2) is 0 Å². The van der Waals surface area contributed by atoms with Crippen molar-refractivity contribution in [2.45, 2.75) is 25.8 Å². The smallest absolute Gasteiger partial charge is 0.320 e. The number of carbonyl (C=O) groups is 1. The zero-order valence-electron chi connectivity index (χ0n) is 6.75. The lowest BCUT2D eigenvalue weighted by Crippen LogP contribution is -2.29. The van der Waals surface area contributed by atoms with E-state index < -0.39 is 12.0 Å². The molecule has 11 heavy (non-hydrogen) atoms. The Morgan fingerprint density at radius 3 is 2.82 bits per heavy atom. The maximum Gasteiger partial charge on any atom is 0.320 e. The second-order valence-corrected chi connectivity index (χ2v) is 3.68. The molecule has 0 aromatic carbocycles. The summed E-state index contributed by atoms with van der Waals surface area (Å²) < 4.78 is 0. The highest BCUT2D eigenvalue weighted by atomic mass is 32.2. The molecule has 0 rings (SSSR count). The number of carboxylic acid groups (broad SMARTS) is 1. The number of rotatable bonds is 6. The Hall–Kier alpha value is -0.220. The van der Waals surface area contributed by atoms with E-state index in [4.69, 9.17) is 10.8 Å². The first-order chi connectivity index (χ1) is 5.18. The van der Waals surface area contributed by atoms with Crippen molar-refractivity contribution in [2.24, 2.45) is 5.73 Å². The van der Waals surface area contributed by atoms with Crippen LogP contribution >= 0.6 is 11.8 Å². The maximum atomic E-state index is 10.2. The molecule has 0 saturated heterocycles. The summed E-state index contributed by atoms with van der Waals surface area (Å²) in [6.45, 7) is 2.09. The lowest BCUT2D eigenvalue weighted by atomic mass is 10.2. The van der Waals surface area contributed by atoms with Crippen molar-refractivity contribution < 1.29 is 9.90 Å². The molecule has 0 aromatic rings. The summed E-state index contributed by atoms with van der Waals surface area (Å²) in [5, 5.41) is 8.41. The first-order valence-corrected chi connectivity index (χ1v) is 4.90. The fourth-order valence-electron chi connectivity index (χ4n) is 0.673. The predicted molar refractivity (Wildman–Crippen MR) is 47.8 cm³/mol. The average molecular weight is 177 g/mol. The number of nitrogens with two attached hydrogens (primary N) is 1. The molecule has 66 valence electrons. The molecule has 3 N–H and O–H groups in total. The van der Waals surface area contributed by atoms with Gasteiger partial charge in [-0.3, -0.25) is 4.79 Å². The molecular weight excluding hydrogens is 162 g/mol. The first kappa shape index (κ1) is 10.8. The van der Waals surface area contributed by atoms with E-state index in [1.54, 1.807) is 0 Å². The van der Waals surface area contributed by atoms with Crippen LogP contribution in [-0.2, 0) is 4.79 Å². The van der Waals surface area contributed by atoms with Crippen LogP contribution in [0.2, 0.25) is 0 Å². The molecule has 0 saturated carbocycles. The Balaban J connectivity index is 3.17. The van der Waals surface area contributed by atoms with E-state index in [9.17, 15) is 4.79 Å². The van der Waals surface area contributed by atoms with Crippen molar-refractivity contribution in [3.63, 3.8) is 0 Å². The summed E-state index contributed by atoms with van der Waals surface area (Å²) in [6.07, 6.45) is 1.48. The molecular formula is C7H15NO2S. The molecule has 4 heteroatoms. The topological polar surface area (TPSA) is 63.3 Å². The predicted octanol–water partition coefficient (Wildman–Crippen LogP) is 0.932. The van der Waals surface area contributed by atoms with Crippen molar-refractivity contribution in [3.8, 4) is 0 Å². The minimum Gasteiger partial charge on any atom is -0.480 e. The maximum absolute atomic E-state index is 10.2. The van der Waals surface area contributed by atoms with Gasteiger partial charge >= 0.3 is 5.97 Å². The van der Waals surface area contributed by atoms with Crippen LogP contribution in [-0.4, -0.2) is 28.6 Å². The third kappa shape index (κ3) is 6.19. The van der Waals surface area contributed by atoms with Gasteiger partial charge < -0.3 is 10.8 Å². The highest BCUT2D eigenvalue weighted by Crippen LogP contribution is 2.04. The van der Waals surface area contributed by atoms with Crippen LogP contribution in [0.3, 0.4) is 0 Å². The third-order valence-corrected chi connectivity index (χ3v) is 2.31. The lowest BCUT2D eigenvalue weighted by Gasteiger charge is -2.04. The number of carboxylic acids is 1. The van der Waals surface area contributed by atoms with E-state index in [0.717, 1.165) is 17.9 Å². The number of aliphatic carboxylic acids is 1. The monoisotopic (exact) mass is 177 g/mol. The van der Waals surface area contributed by atoms with E-state index in [1.807, 2.05) is 11.8 Å². The van der Waals surface area contributed by atoms with Crippen molar-refractivity contribution >= 4 is 17.7 Å². The second-order valence-electron chi connectivity index (χ2n) is 2.28. The summed E-state index contributed by atoms with van der Waals surface area (Å²) in [5.74, 6) is 1.20. The molecule has 0 bridgehead atoms.